The number of pyridine rings is 1. The number of nitrogens with one attached hydrogen (secondary N) is 1. The molecule has 0 saturated heterocycles. The molecule has 1 heterocycles. The van der Waals surface area contributed by atoms with Crippen LogP contribution >= 0.6 is 11.8 Å². The van der Waals surface area contributed by atoms with E-state index in [1.54, 1.807) is 32.9 Å². The minimum atomic E-state index is -0.530. The van der Waals surface area contributed by atoms with Crippen LogP contribution in [-0.4, -0.2) is 35.3 Å². The molecule has 0 spiro atoms. The summed E-state index contributed by atoms with van der Waals surface area (Å²) in [6, 6.07) is 10.7. The number of para-hydroxylation sites is 2. The molecular formula is C21H23N3O4S. The summed E-state index contributed by atoms with van der Waals surface area (Å²) in [6.45, 7) is 7.69. The first-order chi connectivity index (χ1) is 13.9. The first kappa shape index (κ1) is 22.2. The fourth-order valence-electron chi connectivity index (χ4n) is 2.48. The summed E-state index contributed by atoms with van der Waals surface area (Å²) in [7, 11) is 0. The van der Waals surface area contributed by atoms with Crippen molar-refractivity contribution in [3.05, 3.63) is 47.2 Å². The number of aryl methyl sites for hydroxylation is 1. The largest absolute Gasteiger partial charge is 0.492 e. The predicted octanol–water partition coefficient (Wildman–Crippen LogP) is 3.96. The molecule has 1 aromatic carbocycles. The normalized spacial score (nSPS) is 11.3. The molecule has 29 heavy (non-hydrogen) atoms. The van der Waals surface area contributed by atoms with Gasteiger partial charge in [0.05, 0.1) is 41.0 Å². The van der Waals surface area contributed by atoms with E-state index in [9.17, 15) is 14.9 Å². The maximum absolute atomic E-state index is 12.6. The molecule has 7 nitrogen and oxygen atoms in total. The van der Waals surface area contributed by atoms with E-state index in [4.69, 9.17) is 9.47 Å². The second-order valence-electron chi connectivity index (χ2n) is 5.98. The Bertz CT molecular complexity index is 940. The fraction of sp³-hybridized carbons (Fsp3) is 0.333. The van der Waals surface area contributed by atoms with Crippen molar-refractivity contribution in [3.8, 4) is 11.8 Å². The maximum Gasteiger partial charge on any atom is 0.340 e. The van der Waals surface area contributed by atoms with Gasteiger partial charge in [-0.1, -0.05) is 23.9 Å². The molecule has 2 aromatic rings. The number of benzene rings is 1. The lowest BCUT2D eigenvalue weighted by Crippen LogP contribution is -2.23. The first-order valence-electron chi connectivity index (χ1n) is 9.19. The Kier molecular flexibility index (Phi) is 8.04. The van der Waals surface area contributed by atoms with Crippen LogP contribution in [0, 0.1) is 18.3 Å². The molecule has 0 radical (unpaired) electrons. The monoisotopic (exact) mass is 413 g/mol. The van der Waals surface area contributed by atoms with Gasteiger partial charge in [-0.05, 0) is 45.9 Å². The van der Waals surface area contributed by atoms with E-state index in [0.717, 1.165) is 11.8 Å². The van der Waals surface area contributed by atoms with E-state index in [2.05, 4.69) is 10.3 Å². The summed E-state index contributed by atoms with van der Waals surface area (Å²) in [5.74, 6) is -0.185. The van der Waals surface area contributed by atoms with Crippen LogP contribution in [0.15, 0.2) is 35.4 Å². The van der Waals surface area contributed by atoms with Crippen LogP contribution in [0.25, 0.3) is 0 Å². The lowest BCUT2D eigenvalue weighted by atomic mass is 10.1. The number of aromatic nitrogens is 1. The molecule has 1 atom stereocenters. The average Bonchev–Trinajstić information content (AvgIpc) is 2.70. The van der Waals surface area contributed by atoms with Crippen molar-refractivity contribution in [1.29, 1.82) is 5.26 Å². The number of anilines is 1. The highest BCUT2D eigenvalue weighted by Gasteiger charge is 2.21. The highest BCUT2D eigenvalue weighted by Crippen LogP contribution is 2.29. The van der Waals surface area contributed by atoms with Crippen molar-refractivity contribution in [2.24, 2.45) is 0 Å². The van der Waals surface area contributed by atoms with Crippen molar-refractivity contribution in [3.63, 3.8) is 0 Å². The molecule has 0 aliphatic carbocycles. The number of carbonyl (C=O) groups is 2. The first-order valence-corrected chi connectivity index (χ1v) is 10.1. The summed E-state index contributed by atoms with van der Waals surface area (Å²) in [5.41, 5.74) is 1.49. The molecule has 152 valence electrons. The molecule has 0 bridgehead atoms. The zero-order valence-corrected chi connectivity index (χ0v) is 17.6. The minimum Gasteiger partial charge on any atom is -0.492 e. The quantitative estimate of drug-likeness (QED) is 0.516. The number of thioether (sulfide) groups is 1. The van der Waals surface area contributed by atoms with Gasteiger partial charge in [-0.2, -0.15) is 5.26 Å². The molecule has 0 aliphatic rings. The van der Waals surface area contributed by atoms with Gasteiger partial charge in [0.25, 0.3) is 0 Å². The number of carbonyl (C=O) groups excluding carboxylic acids is 2. The van der Waals surface area contributed by atoms with Crippen LogP contribution in [-0.2, 0) is 9.53 Å². The van der Waals surface area contributed by atoms with Crippen molar-refractivity contribution in [1.82, 2.24) is 4.98 Å². The number of hydrogen-bond acceptors (Lipinski definition) is 7. The smallest absolute Gasteiger partial charge is 0.340 e. The molecular weight excluding hydrogens is 390 g/mol. The average molecular weight is 413 g/mol. The number of esters is 1. The molecule has 1 N–H and O–H groups in total. The van der Waals surface area contributed by atoms with Crippen molar-refractivity contribution < 1.29 is 19.1 Å². The lowest BCUT2D eigenvalue weighted by molar-refractivity contribution is -0.115. The van der Waals surface area contributed by atoms with E-state index in [-0.39, 0.29) is 23.6 Å². The van der Waals surface area contributed by atoms with Crippen LogP contribution in [0.4, 0.5) is 5.69 Å². The number of nitrogens with zero attached hydrogens (tertiary/aromatic N) is 2. The molecule has 1 amide bonds. The minimum absolute atomic E-state index is 0.220. The van der Waals surface area contributed by atoms with Gasteiger partial charge in [-0.25, -0.2) is 9.78 Å². The van der Waals surface area contributed by atoms with Gasteiger partial charge in [0, 0.05) is 0 Å². The van der Waals surface area contributed by atoms with Crippen molar-refractivity contribution >= 4 is 29.3 Å². The highest BCUT2D eigenvalue weighted by atomic mass is 32.2. The predicted molar refractivity (Wildman–Crippen MR) is 111 cm³/mol. The van der Waals surface area contributed by atoms with Crippen molar-refractivity contribution in [2.75, 3.05) is 18.5 Å². The third kappa shape index (κ3) is 5.72. The summed E-state index contributed by atoms with van der Waals surface area (Å²) in [5, 5.41) is 12.2. The van der Waals surface area contributed by atoms with Crippen LogP contribution in [0.5, 0.6) is 5.75 Å². The highest BCUT2D eigenvalue weighted by molar-refractivity contribution is 8.00. The number of hydrogen-bond donors (Lipinski definition) is 1. The Hall–Kier alpha value is -3.05. The second-order valence-corrected chi connectivity index (χ2v) is 7.31. The van der Waals surface area contributed by atoms with E-state index in [1.165, 1.54) is 6.07 Å². The summed E-state index contributed by atoms with van der Waals surface area (Å²) in [6.07, 6.45) is 0. The van der Waals surface area contributed by atoms with Gasteiger partial charge in [-0.3, -0.25) is 4.79 Å². The number of rotatable bonds is 8. The topological polar surface area (TPSA) is 101 Å². The fourth-order valence-corrected chi connectivity index (χ4v) is 3.40. The molecule has 1 aromatic heterocycles. The van der Waals surface area contributed by atoms with Crippen LogP contribution < -0.4 is 10.1 Å². The Balaban J connectivity index is 2.19. The number of amides is 1. The second kappa shape index (κ2) is 10.5. The molecule has 0 fully saturated rings. The molecule has 0 aliphatic heterocycles. The molecule has 0 saturated carbocycles. The maximum atomic E-state index is 12.6. The third-order valence-corrected chi connectivity index (χ3v) is 5.00. The van der Waals surface area contributed by atoms with E-state index in [0.29, 0.717) is 28.8 Å². The zero-order valence-electron chi connectivity index (χ0n) is 16.8. The van der Waals surface area contributed by atoms with Gasteiger partial charge >= 0.3 is 5.97 Å². The Labute approximate surface area is 174 Å². The molecule has 2 rings (SSSR count). The molecule has 0 unspecified atom stereocenters. The van der Waals surface area contributed by atoms with Gasteiger partial charge in [0.1, 0.15) is 16.8 Å². The van der Waals surface area contributed by atoms with Crippen molar-refractivity contribution in [2.45, 2.75) is 38.0 Å². The van der Waals surface area contributed by atoms with Gasteiger partial charge in [0.2, 0.25) is 5.91 Å². The van der Waals surface area contributed by atoms with Crippen LogP contribution in [0.2, 0.25) is 0 Å². The Morgan fingerprint density at radius 1 is 1.28 bits per heavy atom. The summed E-state index contributed by atoms with van der Waals surface area (Å²) in [4.78, 5) is 29.0. The van der Waals surface area contributed by atoms with E-state index >= 15 is 0 Å². The number of nitriles is 1. The van der Waals surface area contributed by atoms with Gasteiger partial charge < -0.3 is 14.8 Å². The van der Waals surface area contributed by atoms with Gasteiger partial charge in [0.15, 0.2) is 0 Å². The zero-order chi connectivity index (χ0) is 21.4. The Morgan fingerprint density at radius 2 is 2.00 bits per heavy atom. The van der Waals surface area contributed by atoms with E-state index < -0.39 is 11.2 Å². The number of ether oxygens (including phenoxy) is 2. The van der Waals surface area contributed by atoms with E-state index in [1.807, 2.05) is 25.1 Å². The van der Waals surface area contributed by atoms with Gasteiger partial charge in [-0.15, -0.1) is 0 Å². The standard InChI is InChI=1S/C21H23N3O4S/c1-5-27-18-10-8-7-9-17(18)24-19(25)14(4)29-20-15(12-22)11-16(13(3)23-20)21(26)28-6-2/h7-11,14H,5-6H2,1-4H3,(H,24,25)/t14-/m1/s1. The SMILES string of the molecule is CCOC(=O)c1cc(C#N)c(S[C@H](C)C(=O)Nc2ccccc2OCC)nc1C. The summed E-state index contributed by atoms with van der Waals surface area (Å²) >= 11 is 1.15. The third-order valence-electron chi connectivity index (χ3n) is 3.90. The molecule has 8 heteroatoms. The van der Waals surface area contributed by atoms with Crippen LogP contribution in [0.1, 0.15) is 42.4 Å². The van der Waals surface area contributed by atoms with Crippen LogP contribution in [0.3, 0.4) is 0 Å². The Morgan fingerprint density at radius 3 is 2.66 bits per heavy atom. The summed E-state index contributed by atoms with van der Waals surface area (Å²) < 4.78 is 10.5. The lowest BCUT2D eigenvalue weighted by Gasteiger charge is -2.15.